The van der Waals surface area contributed by atoms with Gasteiger partial charge in [-0.1, -0.05) is 35.9 Å². The quantitative estimate of drug-likeness (QED) is 0.712. The molecule has 1 aliphatic carbocycles. The fourth-order valence-electron chi connectivity index (χ4n) is 4.13. The lowest BCUT2D eigenvalue weighted by molar-refractivity contribution is -0.127. The van der Waals surface area contributed by atoms with Crippen LogP contribution in [0.1, 0.15) is 42.9 Å². The molecule has 8 heteroatoms. The van der Waals surface area contributed by atoms with Gasteiger partial charge in [0.2, 0.25) is 15.9 Å². The normalized spacial score (nSPS) is 18.8. The number of amides is 1. The van der Waals surface area contributed by atoms with Crippen LogP contribution in [0.2, 0.25) is 5.02 Å². The van der Waals surface area contributed by atoms with Crippen LogP contribution in [0.25, 0.3) is 0 Å². The van der Waals surface area contributed by atoms with Crippen molar-refractivity contribution < 1.29 is 13.2 Å². The molecule has 1 N–H and O–H groups in total. The number of halogens is 1. The second-order valence-electron chi connectivity index (χ2n) is 8.16. The highest BCUT2D eigenvalue weighted by Crippen LogP contribution is 2.41. The fourth-order valence-corrected chi connectivity index (χ4v) is 5.86. The van der Waals surface area contributed by atoms with Crippen molar-refractivity contribution in [1.82, 2.24) is 9.62 Å². The van der Waals surface area contributed by atoms with E-state index in [1.54, 1.807) is 12.1 Å². The van der Waals surface area contributed by atoms with Gasteiger partial charge in [0.25, 0.3) is 0 Å². The molecule has 0 bridgehead atoms. The number of piperidine rings is 1. The lowest BCUT2D eigenvalue weighted by atomic mass is 9.95. The van der Waals surface area contributed by atoms with Crippen LogP contribution < -0.4 is 5.32 Å². The van der Waals surface area contributed by atoms with Crippen molar-refractivity contribution >= 4 is 27.5 Å². The Morgan fingerprint density at radius 3 is 2.32 bits per heavy atom. The van der Waals surface area contributed by atoms with Crippen molar-refractivity contribution in [2.24, 2.45) is 11.8 Å². The number of nitrogens with zero attached hydrogens (tertiary/aromatic N) is 2. The first-order chi connectivity index (χ1) is 14.9. The SMILES string of the molecule is N#Cc1ccccc1S(=O)(=O)N1CCC(C(=O)N[C@H](c2ccc(Cl)cc2)C2CC2)CC1. The standard InChI is InChI=1S/C23H24ClN3O3S/c24-20-9-7-17(8-10-20)22(16-5-6-16)26-23(28)18-11-13-27(14-12-18)31(29,30)21-4-2-1-3-19(21)15-25/h1-4,7-10,16,18,22H,5-6,11-14H2,(H,26,28)/t22-/m0/s1. The average Bonchev–Trinajstić information content (AvgIpc) is 3.63. The summed E-state index contributed by atoms with van der Waals surface area (Å²) in [5.41, 5.74) is 1.19. The smallest absolute Gasteiger partial charge is 0.244 e. The van der Waals surface area contributed by atoms with Crippen LogP contribution in [-0.4, -0.2) is 31.7 Å². The second-order valence-corrected chi connectivity index (χ2v) is 10.5. The topological polar surface area (TPSA) is 90.3 Å². The van der Waals surface area contributed by atoms with E-state index in [4.69, 9.17) is 11.6 Å². The van der Waals surface area contributed by atoms with Crippen molar-refractivity contribution in [3.05, 3.63) is 64.7 Å². The predicted molar refractivity (Wildman–Crippen MR) is 118 cm³/mol. The summed E-state index contributed by atoms with van der Waals surface area (Å²) in [6, 6.07) is 15.7. The van der Waals surface area contributed by atoms with Crippen molar-refractivity contribution in [2.75, 3.05) is 13.1 Å². The van der Waals surface area contributed by atoms with Gasteiger partial charge in [-0.25, -0.2) is 8.42 Å². The Hall–Kier alpha value is -2.40. The summed E-state index contributed by atoms with van der Waals surface area (Å²) in [5.74, 6) is 0.181. The zero-order valence-corrected chi connectivity index (χ0v) is 18.6. The van der Waals surface area contributed by atoms with Crippen LogP contribution in [0, 0.1) is 23.2 Å². The van der Waals surface area contributed by atoms with E-state index in [2.05, 4.69) is 5.32 Å². The Kier molecular flexibility index (Phi) is 6.33. The largest absolute Gasteiger partial charge is 0.349 e. The van der Waals surface area contributed by atoms with E-state index in [1.807, 2.05) is 30.3 Å². The summed E-state index contributed by atoms with van der Waals surface area (Å²) in [6.45, 7) is 0.518. The number of rotatable bonds is 6. The minimum absolute atomic E-state index is 0.0249. The molecule has 2 fully saturated rings. The Morgan fingerprint density at radius 2 is 1.71 bits per heavy atom. The lowest BCUT2D eigenvalue weighted by Crippen LogP contribution is -2.44. The average molecular weight is 458 g/mol. The van der Waals surface area contributed by atoms with Gasteiger partial charge in [0.15, 0.2) is 0 Å². The first-order valence-corrected chi connectivity index (χ1v) is 12.3. The molecule has 1 saturated heterocycles. The first-order valence-electron chi connectivity index (χ1n) is 10.5. The van der Waals surface area contributed by atoms with Gasteiger partial charge in [-0.2, -0.15) is 9.57 Å². The van der Waals surface area contributed by atoms with Crippen molar-refractivity contribution in [3.63, 3.8) is 0 Å². The van der Waals surface area contributed by atoms with Gasteiger partial charge >= 0.3 is 0 Å². The highest BCUT2D eigenvalue weighted by Gasteiger charge is 2.37. The van der Waals surface area contributed by atoms with Crippen molar-refractivity contribution in [1.29, 1.82) is 5.26 Å². The molecule has 0 unspecified atom stereocenters. The third-order valence-corrected chi connectivity index (χ3v) is 8.28. The molecule has 2 aromatic rings. The van der Waals surface area contributed by atoms with E-state index in [9.17, 15) is 18.5 Å². The molecule has 1 saturated carbocycles. The van der Waals surface area contributed by atoms with Crippen molar-refractivity contribution in [2.45, 2.75) is 36.6 Å². The van der Waals surface area contributed by atoms with Gasteiger partial charge in [-0.05, 0) is 61.4 Å². The van der Waals surface area contributed by atoms with Crippen LogP contribution in [0.15, 0.2) is 53.4 Å². The molecule has 2 aromatic carbocycles. The molecular weight excluding hydrogens is 434 g/mol. The van der Waals surface area contributed by atoms with E-state index in [-0.39, 0.29) is 41.4 Å². The first kappa shape index (κ1) is 21.8. The Labute approximate surface area is 187 Å². The molecule has 0 aromatic heterocycles. The molecule has 1 atom stereocenters. The third-order valence-electron chi connectivity index (χ3n) is 6.07. The molecule has 1 aliphatic heterocycles. The summed E-state index contributed by atoms with van der Waals surface area (Å²) in [7, 11) is -3.76. The van der Waals surface area contributed by atoms with Gasteiger partial charge in [0.05, 0.1) is 16.5 Å². The maximum absolute atomic E-state index is 13.0. The summed E-state index contributed by atoms with van der Waals surface area (Å²) < 4.78 is 27.4. The van der Waals surface area contributed by atoms with Crippen molar-refractivity contribution in [3.8, 4) is 6.07 Å². The molecule has 2 aliphatic rings. The Balaban J connectivity index is 1.41. The lowest BCUT2D eigenvalue weighted by Gasteiger charge is -2.31. The van der Waals surface area contributed by atoms with E-state index in [0.29, 0.717) is 23.8 Å². The molecule has 0 radical (unpaired) electrons. The summed E-state index contributed by atoms with van der Waals surface area (Å²) in [4.78, 5) is 13.0. The molecule has 6 nitrogen and oxygen atoms in total. The second kappa shape index (κ2) is 8.99. The van der Waals surface area contributed by atoms with Gasteiger partial charge in [-0.3, -0.25) is 4.79 Å². The highest BCUT2D eigenvalue weighted by molar-refractivity contribution is 7.89. The molecule has 31 heavy (non-hydrogen) atoms. The number of carbonyl (C=O) groups excluding carboxylic acids is 1. The molecule has 162 valence electrons. The molecular formula is C23H24ClN3O3S. The van der Waals surface area contributed by atoms with Crippen LogP contribution in [0.5, 0.6) is 0 Å². The number of nitrogens with one attached hydrogen (secondary N) is 1. The van der Waals surface area contributed by atoms with Gasteiger partial charge in [-0.15, -0.1) is 0 Å². The van der Waals surface area contributed by atoms with Crippen LogP contribution in [0.4, 0.5) is 0 Å². The summed E-state index contributed by atoms with van der Waals surface area (Å²) >= 11 is 5.99. The minimum atomic E-state index is -3.76. The summed E-state index contributed by atoms with van der Waals surface area (Å²) in [6.07, 6.45) is 3.08. The number of benzene rings is 2. The van der Waals surface area contributed by atoms with Gasteiger partial charge < -0.3 is 5.32 Å². The number of hydrogen-bond donors (Lipinski definition) is 1. The van der Waals surface area contributed by atoms with E-state index in [1.165, 1.54) is 16.4 Å². The van der Waals surface area contributed by atoms with Gasteiger partial charge in [0.1, 0.15) is 6.07 Å². The number of sulfonamides is 1. The Bertz CT molecular complexity index is 1100. The maximum atomic E-state index is 13.0. The molecule has 0 spiro atoms. The summed E-state index contributed by atoms with van der Waals surface area (Å²) in [5, 5.41) is 13.1. The third kappa shape index (κ3) is 4.77. The van der Waals surface area contributed by atoms with Crippen LogP contribution in [-0.2, 0) is 14.8 Å². The molecule has 4 rings (SSSR count). The Morgan fingerprint density at radius 1 is 1.06 bits per heavy atom. The monoisotopic (exact) mass is 457 g/mol. The zero-order valence-electron chi connectivity index (χ0n) is 17.0. The fraction of sp³-hybridized carbons (Fsp3) is 0.391. The molecule has 1 amide bonds. The maximum Gasteiger partial charge on any atom is 0.244 e. The van der Waals surface area contributed by atoms with E-state index >= 15 is 0 Å². The minimum Gasteiger partial charge on any atom is -0.349 e. The zero-order chi connectivity index (χ0) is 22.0. The van der Waals surface area contributed by atoms with E-state index in [0.717, 1.165) is 18.4 Å². The number of nitriles is 1. The van der Waals surface area contributed by atoms with Crippen LogP contribution in [0.3, 0.4) is 0 Å². The number of carbonyl (C=O) groups is 1. The van der Waals surface area contributed by atoms with E-state index < -0.39 is 10.0 Å². The highest BCUT2D eigenvalue weighted by atomic mass is 35.5. The van der Waals surface area contributed by atoms with Crippen LogP contribution >= 0.6 is 11.6 Å². The van der Waals surface area contributed by atoms with Gasteiger partial charge in [0, 0.05) is 24.0 Å². The molecule has 1 heterocycles. The predicted octanol–water partition coefficient (Wildman–Crippen LogP) is 3.88. The number of hydrogen-bond acceptors (Lipinski definition) is 4.